The first-order valence-corrected chi connectivity index (χ1v) is 7.70. The number of benzene rings is 1. The van der Waals surface area contributed by atoms with E-state index in [2.05, 4.69) is 4.98 Å². The van der Waals surface area contributed by atoms with E-state index in [4.69, 9.17) is 27.9 Å². The third-order valence-corrected chi connectivity index (χ3v) is 4.12. The van der Waals surface area contributed by atoms with E-state index in [0.29, 0.717) is 21.4 Å². The lowest BCUT2D eigenvalue weighted by atomic mass is 10.1. The van der Waals surface area contributed by atoms with Crippen LogP contribution >= 0.6 is 23.2 Å². The molecule has 7 nitrogen and oxygen atoms in total. The maximum absolute atomic E-state index is 12.5. The molecular formula is C15H11Cl2N3O4. The minimum absolute atomic E-state index is 0.0957. The summed E-state index contributed by atoms with van der Waals surface area (Å²) >= 11 is 12.0. The quantitative estimate of drug-likeness (QED) is 0.610. The van der Waals surface area contributed by atoms with Gasteiger partial charge in [-0.05, 0) is 40.6 Å². The Kier molecular flexibility index (Phi) is 4.29. The summed E-state index contributed by atoms with van der Waals surface area (Å²) < 4.78 is 5.47. The van der Waals surface area contributed by atoms with Crippen LogP contribution in [0.25, 0.3) is 0 Å². The molecule has 2 aromatic rings. The van der Waals surface area contributed by atoms with Gasteiger partial charge in [-0.15, -0.1) is 0 Å². The SMILES string of the molecule is CC1Oc2ccc([N+](=O)[O-])nc2N(Cc2ccc(Cl)cc2Cl)C1=O. The molecular weight excluding hydrogens is 357 g/mol. The van der Waals surface area contributed by atoms with E-state index in [-0.39, 0.29) is 24.1 Å². The molecule has 0 N–H and O–H groups in total. The maximum Gasteiger partial charge on any atom is 0.366 e. The van der Waals surface area contributed by atoms with Crippen LogP contribution in [0.4, 0.5) is 11.6 Å². The highest BCUT2D eigenvalue weighted by atomic mass is 35.5. The fourth-order valence-electron chi connectivity index (χ4n) is 2.35. The van der Waals surface area contributed by atoms with Crippen molar-refractivity contribution in [3.05, 3.63) is 56.1 Å². The summed E-state index contributed by atoms with van der Waals surface area (Å²) in [4.78, 5) is 28.1. The first-order chi connectivity index (χ1) is 11.4. The number of rotatable bonds is 3. The van der Waals surface area contributed by atoms with Gasteiger partial charge >= 0.3 is 5.82 Å². The smallest absolute Gasteiger partial charge is 0.366 e. The van der Waals surface area contributed by atoms with Gasteiger partial charge in [0.15, 0.2) is 11.9 Å². The number of carbonyl (C=O) groups excluding carboxylic acids is 1. The van der Waals surface area contributed by atoms with Crippen LogP contribution in [-0.2, 0) is 11.3 Å². The second-order valence-electron chi connectivity index (χ2n) is 5.17. The maximum atomic E-state index is 12.5. The molecule has 1 aromatic heterocycles. The molecule has 24 heavy (non-hydrogen) atoms. The minimum atomic E-state index is -0.730. The average Bonchev–Trinajstić information content (AvgIpc) is 2.53. The Hall–Kier alpha value is -2.38. The van der Waals surface area contributed by atoms with Crippen molar-refractivity contribution in [3.8, 4) is 5.75 Å². The van der Waals surface area contributed by atoms with Gasteiger partial charge in [0.25, 0.3) is 11.7 Å². The van der Waals surface area contributed by atoms with Crippen molar-refractivity contribution in [1.82, 2.24) is 4.98 Å². The molecule has 3 rings (SSSR count). The topological polar surface area (TPSA) is 85.6 Å². The largest absolute Gasteiger partial charge is 0.475 e. The number of amides is 1. The van der Waals surface area contributed by atoms with E-state index >= 15 is 0 Å². The molecule has 9 heteroatoms. The summed E-state index contributed by atoms with van der Waals surface area (Å²) in [5.41, 5.74) is 0.641. The van der Waals surface area contributed by atoms with Crippen molar-refractivity contribution < 1.29 is 14.5 Å². The predicted octanol–water partition coefficient (Wildman–Crippen LogP) is 3.61. The molecule has 0 saturated carbocycles. The molecule has 1 aliphatic rings. The zero-order valence-corrected chi connectivity index (χ0v) is 13.9. The Labute approximate surface area is 146 Å². The van der Waals surface area contributed by atoms with Gasteiger partial charge in [0.2, 0.25) is 0 Å². The van der Waals surface area contributed by atoms with Crippen LogP contribution < -0.4 is 9.64 Å². The highest BCUT2D eigenvalue weighted by molar-refractivity contribution is 6.35. The fourth-order valence-corrected chi connectivity index (χ4v) is 2.82. The Balaban J connectivity index is 2.04. The number of nitrogens with zero attached hydrogens (tertiary/aromatic N) is 3. The summed E-state index contributed by atoms with van der Waals surface area (Å²) in [7, 11) is 0. The number of nitro groups is 1. The van der Waals surface area contributed by atoms with E-state index in [1.807, 2.05) is 0 Å². The highest BCUT2D eigenvalue weighted by Crippen LogP contribution is 2.35. The number of halogens is 2. The molecule has 0 fully saturated rings. The Bertz CT molecular complexity index is 843. The molecule has 1 aromatic carbocycles. The monoisotopic (exact) mass is 367 g/mol. The van der Waals surface area contributed by atoms with Gasteiger partial charge in [-0.25, -0.2) is 0 Å². The van der Waals surface area contributed by atoms with Crippen molar-refractivity contribution in [1.29, 1.82) is 0 Å². The zero-order chi connectivity index (χ0) is 17.4. The number of ether oxygens (including phenoxy) is 1. The Morgan fingerprint density at radius 3 is 2.75 bits per heavy atom. The standard InChI is InChI=1S/C15H11Cl2N3O4/c1-8-15(21)19(7-9-2-3-10(16)6-11(9)17)14-12(24-8)4-5-13(18-14)20(22)23/h2-6,8H,7H2,1H3. The highest BCUT2D eigenvalue weighted by Gasteiger charge is 2.37. The van der Waals surface area contributed by atoms with Crippen LogP contribution in [0.5, 0.6) is 5.75 Å². The first kappa shape index (κ1) is 16.5. The summed E-state index contributed by atoms with van der Waals surface area (Å²) in [6.07, 6.45) is -0.730. The van der Waals surface area contributed by atoms with Gasteiger partial charge in [-0.1, -0.05) is 29.3 Å². The number of carbonyl (C=O) groups is 1. The van der Waals surface area contributed by atoms with E-state index in [0.717, 1.165) is 0 Å². The molecule has 0 bridgehead atoms. The summed E-state index contributed by atoms with van der Waals surface area (Å²) in [5.74, 6) is -0.329. The lowest BCUT2D eigenvalue weighted by molar-refractivity contribution is -0.389. The van der Waals surface area contributed by atoms with Crippen LogP contribution in [0.2, 0.25) is 10.0 Å². The van der Waals surface area contributed by atoms with Crippen LogP contribution in [0.15, 0.2) is 30.3 Å². The third kappa shape index (κ3) is 3.00. The van der Waals surface area contributed by atoms with Crippen molar-refractivity contribution in [2.75, 3.05) is 4.90 Å². The molecule has 1 amide bonds. The third-order valence-electron chi connectivity index (χ3n) is 3.53. The second-order valence-corrected chi connectivity index (χ2v) is 6.01. The molecule has 1 aliphatic heterocycles. The van der Waals surface area contributed by atoms with Gasteiger partial charge < -0.3 is 14.9 Å². The minimum Gasteiger partial charge on any atom is -0.475 e. The van der Waals surface area contributed by atoms with Gasteiger partial charge in [-0.3, -0.25) is 9.69 Å². The van der Waals surface area contributed by atoms with Crippen LogP contribution in [0, 0.1) is 10.1 Å². The van der Waals surface area contributed by atoms with Crippen molar-refractivity contribution in [3.63, 3.8) is 0 Å². The number of fused-ring (bicyclic) bond motifs is 1. The lowest BCUT2D eigenvalue weighted by Crippen LogP contribution is -2.44. The van der Waals surface area contributed by atoms with Crippen LogP contribution in [0.1, 0.15) is 12.5 Å². The Morgan fingerprint density at radius 1 is 1.33 bits per heavy atom. The number of anilines is 1. The van der Waals surface area contributed by atoms with Crippen LogP contribution in [0.3, 0.4) is 0 Å². The molecule has 1 unspecified atom stereocenters. The summed E-state index contributed by atoms with van der Waals surface area (Å²) in [5, 5.41) is 11.8. The summed E-state index contributed by atoms with van der Waals surface area (Å²) in [6.45, 7) is 1.70. The van der Waals surface area contributed by atoms with Crippen molar-refractivity contribution >= 4 is 40.7 Å². The second kappa shape index (κ2) is 6.26. The van der Waals surface area contributed by atoms with Gasteiger partial charge in [0.05, 0.1) is 6.54 Å². The molecule has 0 spiro atoms. The Morgan fingerprint density at radius 2 is 2.08 bits per heavy atom. The van der Waals surface area contributed by atoms with Crippen molar-refractivity contribution in [2.24, 2.45) is 0 Å². The van der Waals surface area contributed by atoms with E-state index in [1.54, 1.807) is 25.1 Å². The number of hydrogen-bond acceptors (Lipinski definition) is 5. The number of hydrogen-bond donors (Lipinski definition) is 0. The molecule has 0 radical (unpaired) electrons. The van der Waals surface area contributed by atoms with E-state index < -0.39 is 11.0 Å². The van der Waals surface area contributed by atoms with E-state index in [1.165, 1.54) is 17.0 Å². The first-order valence-electron chi connectivity index (χ1n) is 6.94. The average molecular weight is 368 g/mol. The number of pyridine rings is 1. The normalized spacial score (nSPS) is 16.5. The lowest BCUT2D eigenvalue weighted by Gasteiger charge is -2.29. The molecule has 0 aliphatic carbocycles. The molecule has 0 saturated heterocycles. The predicted molar refractivity (Wildman–Crippen MR) is 88.6 cm³/mol. The van der Waals surface area contributed by atoms with Gasteiger partial charge in [0, 0.05) is 16.1 Å². The van der Waals surface area contributed by atoms with Gasteiger partial charge in [0.1, 0.15) is 0 Å². The fraction of sp³-hybridized carbons (Fsp3) is 0.200. The molecule has 2 heterocycles. The molecule has 124 valence electrons. The summed E-state index contributed by atoms with van der Waals surface area (Å²) in [6, 6.07) is 7.57. The zero-order valence-electron chi connectivity index (χ0n) is 12.4. The number of aromatic nitrogens is 1. The van der Waals surface area contributed by atoms with Crippen molar-refractivity contribution in [2.45, 2.75) is 19.6 Å². The van der Waals surface area contributed by atoms with Gasteiger partial charge in [-0.2, -0.15) is 0 Å². The molecule has 1 atom stereocenters. The van der Waals surface area contributed by atoms with Crippen LogP contribution in [-0.4, -0.2) is 21.9 Å². The van der Waals surface area contributed by atoms with E-state index in [9.17, 15) is 14.9 Å².